The summed E-state index contributed by atoms with van der Waals surface area (Å²) in [5.41, 5.74) is 0.476. The van der Waals surface area contributed by atoms with Crippen LogP contribution in [0.25, 0.3) is 0 Å². The molecule has 18 heavy (non-hydrogen) atoms. The Balaban J connectivity index is 2.84. The largest absolute Gasteiger partial charge is 0.310 e. The van der Waals surface area contributed by atoms with Gasteiger partial charge in [-0.1, -0.05) is 33.1 Å². The maximum atomic E-state index is 13.2. The molecule has 0 heterocycles. The number of unbranched alkanes of at least 4 members (excludes halogenated alkanes) is 2. The number of hydrogen-bond acceptors (Lipinski definition) is 1. The molecule has 1 N–H and O–H groups in total. The van der Waals surface area contributed by atoms with E-state index in [-0.39, 0.29) is 6.04 Å². The standard InChI is InChI=1S/C14H20F3N/c1-3-5-6-7-13(18-4-2)10-8-11(15)14(17)12(16)9-10/h8-9,13,18H,3-7H2,1-2H3. The minimum absolute atomic E-state index is 0.119. The van der Waals surface area contributed by atoms with Crippen molar-refractivity contribution in [1.29, 1.82) is 0 Å². The third-order valence-corrected chi connectivity index (χ3v) is 2.96. The van der Waals surface area contributed by atoms with Crippen molar-refractivity contribution < 1.29 is 13.2 Å². The monoisotopic (exact) mass is 259 g/mol. The van der Waals surface area contributed by atoms with Crippen LogP contribution in [-0.4, -0.2) is 6.54 Å². The molecule has 0 radical (unpaired) electrons. The van der Waals surface area contributed by atoms with E-state index >= 15 is 0 Å². The Labute approximate surface area is 106 Å². The molecule has 1 aromatic rings. The van der Waals surface area contributed by atoms with Crippen molar-refractivity contribution >= 4 is 0 Å². The van der Waals surface area contributed by atoms with Gasteiger partial charge in [-0.25, -0.2) is 13.2 Å². The lowest BCUT2D eigenvalue weighted by Gasteiger charge is -2.18. The van der Waals surface area contributed by atoms with Crippen LogP contribution in [-0.2, 0) is 0 Å². The summed E-state index contributed by atoms with van der Waals surface area (Å²) in [7, 11) is 0. The first-order valence-corrected chi connectivity index (χ1v) is 6.48. The van der Waals surface area contributed by atoms with Crippen LogP contribution in [0.3, 0.4) is 0 Å². The SMILES string of the molecule is CCCCCC(NCC)c1cc(F)c(F)c(F)c1. The second kappa shape index (κ2) is 7.41. The minimum Gasteiger partial charge on any atom is -0.310 e. The zero-order valence-electron chi connectivity index (χ0n) is 10.9. The van der Waals surface area contributed by atoms with Gasteiger partial charge in [0.1, 0.15) is 0 Å². The third kappa shape index (κ3) is 4.02. The highest BCUT2D eigenvalue weighted by Crippen LogP contribution is 2.23. The number of halogens is 3. The Morgan fingerprint density at radius 2 is 1.67 bits per heavy atom. The van der Waals surface area contributed by atoms with Crippen molar-refractivity contribution in [2.24, 2.45) is 0 Å². The third-order valence-electron chi connectivity index (χ3n) is 2.96. The van der Waals surface area contributed by atoms with Gasteiger partial charge in [-0.15, -0.1) is 0 Å². The van der Waals surface area contributed by atoms with Crippen LogP contribution < -0.4 is 5.32 Å². The van der Waals surface area contributed by atoms with Crippen LogP contribution in [0.5, 0.6) is 0 Å². The fraction of sp³-hybridized carbons (Fsp3) is 0.571. The van der Waals surface area contributed by atoms with Crippen LogP contribution in [0.15, 0.2) is 12.1 Å². The first-order chi connectivity index (χ1) is 8.60. The normalized spacial score (nSPS) is 12.7. The van der Waals surface area contributed by atoms with Gasteiger partial charge in [0.25, 0.3) is 0 Å². The van der Waals surface area contributed by atoms with E-state index in [1.54, 1.807) is 0 Å². The van der Waals surface area contributed by atoms with Crippen LogP contribution >= 0.6 is 0 Å². The molecule has 1 aromatic carbocycles. The molecule has 0 saturated carbocycles. The van der Waals surface area contributed by atoms with Crippen LogP contribution in [0.2, 0.25) is 0 Å². The fourth-order valence-electron chi connectivity index (χ4n) is 2.01. The Bertz CT molecular complexity index is 356. The van der Waals surface area contributed by atoms with Crippen molar-refractivity contribution in [3.8, 4) is 0 Å². The van der Waals surface area contributed by atoms with Crippen molar-refractivity contribution in [3.05, 3.63) is 35.1 Å². The molecule has 1 nitrogen and oxygen atoms in total. The number of hydrogen-bond donors (Lipinski definition) is 1. The highest BCUT2D eigenvalue weighted by molar-refractivity contribution is 5.22. The molecule has 0 saturated heterocycles. The van der Waals surface area contributed by atoms with Crippen LogP contribution in [0.4, 0.5) is 13.2 Å². The lowest BCUT2D eigenvalue weighted by atomic mass is 10.00. The molecule has 0 amide bonds. The summed E-state index contributed by atoms with van der Waals surface area (Å²) in [4.78, 5) is 0. The molecule has 0 aliphatic carbocycles. The maximum absolute atomic E-state index is 13.2. The number of nitrogens with one attached hydrogen (secondary N) is 1. The Kier molecular flexibility index (Phi) is 6.19. The Morgan fingerprint density at radius 1 is 1.06 bits per heavy atom. The highest BCUT2D eigenvalue weighted by Gasteiger charge is 2.16. The van der Waals surface area contributed by atoms with Gasteiger partial charge in [-0.2, -0.15) is 0 Å². The van der Waals surface area contributed by atoms with Crippen LogP contribution in [0.1, 0.15) is 51.1 Å². The summed E-state index contributed by atoms with van der Waals surface area (Å²) in [6.45, 7) is 4.74. The van der Waals surface area contributed by atoms with E-state index in [4.69, 9.17) is 0 Å². The Hall–Kier alpha value is -1.03. The van der Waals surface area contributed by atoms with Crippen molar-refractivity contribution in [2.75, 3.05) is 6.54 Å². The van der Waals surface area contributed by atoms with E-state index in [1.165, 1.54) is 0 Å². The summed E-state index contributed by atoms with van der Waals surface area (Å²) in [5, 5.41) is 3.18. The van der Waals surface area contributed by atoms with Crippen molar-refractivity contribution in [2.45, 2.75) is 45.6 Å². The smallest absolute Gasteiger partial charge is 0.194 e. The fourth-order valence-corrected chi connectivity index (χ4v) is 2.01. The first kappa shape index (κ1) is 15.0. The van der Waals surface area contributed by atoms with Crippen LogP contribution in [0, 0.1) is 17.5 Å². The second-order valence-corrected chi connectivity index (χ2v) is 4.40. The van der Waals surface area contributed by atoms with E-state index < -0.39 is 17.5 Å². The molecule has 4 heteroatoms. The Morgan fingerprint density at radius 3 is 2.17 bits per heavy atom. The molecule has 0 aliphatic heterocycles. The number of benzene rings is 1. The molecule has 0 aromatic heterocycles. The molecule has 102 valence electrons. The molecular weight excluding hydrogens is 239 g/mol. The van der Waals surface area contributed by atoms with E-state index in [2.05, 4.69) is 12.2 Å². The number of rotatable bonds is 7. The van der Waals surface area contributed by atoms with Crippen molar-refractivity contribution in [1.82, 2.24) is 5.32 Å². The molecule has 0 fully saturated rings. The maximum Gasteiger partial charge on any atom is 0.194 e. The lowest BCUT2D eigenvalue weighted by Crippen LogP contribution is -2.21. The highest BCUT2D eigenvalue weighted by atomic mass is 19.2. The lowest BCUT2D eigenvalue weighted by molar-refractivity contribution is 0.434. The van der Waals surface area contributed by atoms with Gasteiger partial charge >= 0.3 is 0 Å². The van der Waals surface area contributed by atoms with Gasteiger partial charge in [0, 0.05) is 6.04 Å². The summed E-state index contributed by atoms with van der Waals surface area (Å²) < 4.78 is 39.3. The summed E-state index contributed by atoms with van der Waals surface area (Å²) >= 11 is 0. The quantitative estimate of drug-likeness (QED) is 0.567. The summed E-state index contributed by atoms with van der Waals surface area (Å²) in [5.74, 6) is -3.64. The average Bonchev–Trinajstić information content (AvgIpc) is 2.34. The molecule has 0 bridgehead atoms. The van der Waals surface area contributed by atoms with Gasteiger partial charge in [-0.05, 0) is 30.7 Å². The topological polar surface area (TPSA) is 12.0 Å². The average molecular weight is 259 g/mol. The molecule has 0 aliphatic rings. The first-order valence-electron chi connectivity index (χ1n) is 6.48. The predicted molar refractivity (Wildman–Crippen MR) is 66.9 cm³/mol. The molecule has 1 rings (SSSR count). The second-order valence-electron chi connectivity index (χ2n) is 4.40. The van der Waals surface area contributed by atoms with E-state index in [1.807, 2.05) is 6.92 Å². The minimum atomic E-state index is -1.40. The van der Waals surface area contributed by atoms with Gasteiger partial charge in [0.15, 0.2) is 17.5 Å². The van der Waals surface area contributed by atoms with Gasteiger partial charge in [0.05, 0.1) is 0 Å². The summed E-state index contributed by atoms with van der Waals surface area (Å²) in [6, 6.07) is 2.04. The van der Waals surface area contributed by atoms with E-state index in [0.29, 0.717) is 12.1 Å². The molecule has 1 unspecified atom stereocenters. The van der Waals surface area contributed by atoms with E-state index in [9.17, 15) is 13.2 Å². The summed E-state index contributed by atoms with van der Waals surface area (Å²) in [6.07, 6.45) is 3.94. The van der Waals surface area contributed by atoms with E-state index in [0.717, 1.165) is 37.8 Å². The predicted octanol–water partition coefficient (Wildman–Crippen LogP) is 4.33. The molecule has 1 atom stereocenters. The van der Waals surface area contributed by atoms with Crippen molar-refractivity contribution in [3.63, 3.8) is 0 Å². The zero-order chi connectivity index (χ0) is 13.5. The molecule has 0 spiro atoms. The van der Waals surface area contributed by atoms with Gasteiger partial charge in [-0.3, -0.25) is 0 Å². The van der Waals surface area contributed by atoms with Gasteiger partial charge in [0.2, 0.25) is 0 Å². The van der Waals surface area contributed by atoms with Gasteiger partial charge < -0.3 is 5.32 Å². The zero-order valence-corrected chi connectivity index (χ0v) is 10.9. The molecular formula is C14H20F3N.